The summed E-state index contributed by atoms with van der Waals surface area (Å²) in [5.41, 5.74) is 5.44. The van der Waals surface area contributed by atoms with Crippen LogP contribution in [0.2, 0.25) is 0 Å². The molecule has 31 heavy (non-hydrogen) atoms. The van der Waals surface area contributed by atoms with E-state index in [-0.39, 0.29) is 0 Å². The zero-order valence-electron chi connectivity index (χ0n) is 18.3. The largest absolute Gasteiger partial charge is 0.497 e. The topological polar surface area (TPSA) is 24.5 Å². The zero-order valence-corrected chi connectivity index (χ0v) is 19.1. The number of anilines is 2. The zero-order chi connectivity index (χ0) is 21.2. The first-order valence-electron chi connectivity index (χ1n) is 11.2. The average molecular weight is 431 g/mol. The van der Waals surface area contributed by atoms with Crippen LogP contribution in [0.1, 0.15) is 36.8 Å². The molecule has 1 fully saturated rings. The molecule has 0 radical (unpaired) electrons. The quantitative estimate of drug-likeness (QED) is 0.509. The van der Waals surface area contributed by atoms with Crippen molar-refractivity contribution in [3.63, 3.8) is 0 Å². The molecule has 160 valence electrons. The molecular weight excluding hydrogens is 400 g/mol. The van der Waals surface area contributed by atoms with E-state index in [0.29, 0.717) is 18.0 Å². The maximum absolute atomic E-state index is 5.41. The van der Waals surface area contributed by atoms with Crippen LogP contribution in [0.3, 0.4) is 0 Å². The smallest absolute Gasteiger partial charge is 0.118 e. The summed E-state index contributed by atoms with van der Waals surface area (Å²) in [7, 11) is 1.73. The summed E-state index contributed by atoms with van der Waals surface area (Å²) < 4.78 is 5.41. The van der Waals surface area contributed by atoms with Gasteiger partial charge in [0.1, 0.15) is 5.75 Å². The average Bonchev–Trinajstić information content (AvgIpc) is 3.30. The Bertz CT molecular complexity index is 982. The molecule has 2 heterocycles. The first-order valence-corrected chi connectivity index (χ1v) is 12.2. The molecular formula is C27H30N2OS. The summed E-state index contributed by atoms with van der Waals surface area (Å²) in [6.07, 6.45) is 2.45. The highest BCUT2D eigenvalue weighted by atomic mass is 32.2. The highest BCUT2D eigenvalue weighted by molar-refractivity contribution is 7.98. The lowest BCUT2D eigenvalue weighted by molar-refractivity contribution is 0.412. The van der Waals surface area contributed by atoms with Crippen molar-refractivity contribution in [3.8, 4) is 5.75 Å². The second kappa shape index (κ2) is 8.97. The summed E-state index contributed by atoms with van der Waals surface area (Å²) in [4.78, 5) is 4.01. The fourth-order valence-electron chi connectivity index (χ4n) is 5.11. The highest BCUT2D eigenvalue weighted by Crippen LogP contribution is 2.46. The van der Waals surface area contributed by atoms with Gasteiger partial charge in [-0.2, -0.15) is 0 Å². The van der Waals surface area contributed by atoms with Gasteiger partial charge in [-0.05, 0) is 60.8 Å². The van der Waals surface area contributed by atoms with Crippen LogP contribution in [0.15, 0.2) is 77.7 Å². The molecule has 1 N–H and O–H groups in total. The first-order chi connectivity index (χ1) is 15.3. The lowest BCUT2D eigenvalue weighted by Crippen LogP contribution is -2.49. The Morgan fingerprint density at radius 2 is 1.71 bits per heavy atom. The monoisotopic (exact) mass is 430 g/mol. The van der Waals surface area contributed by atoms with E-state index in [1.807, 2.05) is 11.8 Å². The minimum atomic E-state index is 0.317. The number of fused-ring (bicyclic) bond motifs is 2. The van der Waals surface area contributed by atoms with Crippen molar-refractivity contribution in [2.45, 2.75) is 48.4 Å². The number of thioether (sulfide) groups is 1. The van der Waals surface area contributed by atoms with Gasteiger partial charge in [-0.25, -0.2) is 0 Å². The molecule has 0 spiro atoms. The van der Waals surface area contributed by atoms with Gasteiger partial charge >= 0.3 is 0 Å². The lowest BCUT2D eigenvalue weighted by Gasteiger charge is -2.42. The van der Waals surface area contributed by atoms with Crippen molar-refractivity contribution in [3.05, 3.63) is 83.9 Å². The van der Waals surface area contributed by atoms with Crippen molar-refractivity contribution in [2.75, 3.05) is 18.6 Å². The predicted molar refractivity (Wildman–Crippen MR) is 131 cm³/mol. The van der Waals surface area contributed by atoms with Crippen LogP contribution < -0.4 is 15.0 Å². The third-order valence-corrected chi connectivity index (χ3v) is 7.83. The molecule has 5 rings (SSSR count). The van der Waals surface area contributed by atoms with Crippen LogP contribution in [0.4, 0.5) is 11.4 Å². The van der Waals surface area contributed by atoms with E-state index in [0.717, 1.165) is 18.0 Å². The van der Waals surface area contributed by atoms with E-state index in [2.05, 4.69) is 89.9 Å². The van der Waals surface area contributed by atoms with E-state index in [4.69, 9.17) is 4.74 Å². The van der Waals surface area contributed by atoms with E-state index in [1.54, 1.807) is 7.11 Å². The fourth-order valence-corrected chi connectivity index (χ4v) is 6.16. The summed E-state index contributed by atoms with van der Waals surface area (Å²) >= 11 is 1.95. The van der Waals surface area contributed by atoms with Crippen molar-refractivity contribution in [1.82, 2.24) is 5.32 Å². The van der Waals surface area contributed by atoms with Gasteiger partial charge in [-0.3, -0.25) is 0 Å². The molecule has 0 bridgehead atoms. The van der Waals surface area contributed by atoms with Gasteiger partial charge in [0, 0.05) is 28.3 Å². The molecule has 3 nitrogen and oxygen atoms in total. The second-order valence-corrected chi connectivity index (χ2v) is 9.53. The summed E-state index contributed by atoms with van der Waals surface area (Å²) in [6, 6.07) is 27.3. The van der Waals surface area contributed by atoms with Gasteiger partial charge in [-0.1, -0.05) is 49.4 Å². The van der Waals surface area contributed by atoms with Crippen molar-refractivity contribution >= 4 is 23.1 Å². The second-order valence-electron chi connectivity index (χ2n) is 8.51. The highest BCUT2D eigenvalue weighted by Gasteiger charge is 2.37. The van der Waals surface area contributed by atoms with Crippen LogP contribution in [-0.2, 0) is 5.75 Å². The Morgan fingerprint density at radius 3 is 2.45 bits per heavy atom. The van der Waals surface area contributed by atoms with Crippen molar-refractivity contribution in [2.24, 2.45) is 0 Å². The van der Waals surface area contributed by atoms with Gasteiger partial charge in [0.2, 0.25) is 0 Å². The Balaban J connectivity index is 1.65. The Kier molecular flexibility index (Phi) is 5.93. The predicted octanol–water partition coefficient (Wildman–Crippen LogP) is 6.36. The van der Waals surface area contributed by atoms with E-state index in [1.165, 1.54) is 40.2 Å². The molecule has 1 saturated heterocycles. The number of nitrogens with one attached hydrogen (secondary N) is 1. The normalized spacial score (nSPS) is 19.8. The Morgan fingerprint density at radius 1 is 0.968 bits per heavy atom. The summed E-state index contributed by atoms with van der Waals surface area (Å²) in [5, 5.41) is 3.84. The Hall–Kier alpha value is -2.43. The number of hydrogen-bond donors (Lipinski definition) is 1. The first kappa shape index (κ1) is 20.5. The third-order valence-electron chi connectivity index (χ3n) is 6.72. The molecule has 3 aromatic carbocycles. The molecule has 3 aromatic rings. The number of rotatable bonds is 5. The molecule has 0 aromatic heterocycles. The molecule has 4 heteroatoms. The minimum absolute atomic E-state index is 0.317. The third kappa shape index (κ3) is 3.95. The van der Waals surface area contributed by atoms with Gasteiger partial charge < -0.3 is 15.0 Å². The summed E-state index contributed by atoms with van der Waals surface area (Å²) in [5.74, 6) is 2.27. The van der Waals surface area contributed by atoms with Gasteiger partial charge in [-0.15, -0.1) is 11.8 Å². The number of para-hydroxylation sites is 2. The molecule has 2 unspecified atom stereocenters. The van der Waals surface area contributed by atoms with Crippen LogP contribution in [0.25, 0.3) is 0 Å². The maximum Gasteiger partial charge on any atom is 0.118 e. The number of methoxy groups -OCH3 is 1. The van der Waals surface area contributed by atoms with E-state index in [9.17, 15) is 0 Å². The number of ether oxygens (including phenoxy) is 1. The van der Waals surface area contributed by atoms with Crippen molar-refractivity contribution < 1.29 is 4.74 Å². The van der Waals surface area contributed by atoms with Crippen LogP contribution in [-0.4, -0.2) is 25.7 Å². The lowest BCUT2D eigenvalue weighted by atomic mass is 9.85. The number of nitrogens with zero attached hydrogens (tertiary/aromatic N) is 1. The molecule has 0 saturated carbocycles. The fraction of sp³-hybridized carbons (Fsp3) is 0.333. The molecule has 3 atom stereocenters. The van der Waals surface area contributed by atoms with Gasteiger partial charge in [0.15, 0.2) is 0 Å². The van der Waals surface area contributed by atoms with E-state index >= 15 is 0 Å². The molecule has 2 aliphatic rings. The summed E-state index contributed by atoms with van der Waals surface area (Å²) in [6.45, 7) is 3.48. The van der Waals surface area contributed by atoms with Crippen LogP contribution >= 0.6 is 11.8 Å². The van der Waals surface area contributed by atoms with Crippen molar-refractivity contribution in [1.29, 1.82) is 0 Å². The van der Waals surface area contributed by atoms with Crippen LogP contribution in [0, 0.1) is 0 Å². The molecule has 0 aliphatic carbocycles. The molecule has 2 aliphatic heterocycles. The maximum atomic E-state index is 5.41. The van der Waals surface area contributed by atoms with E-state index < -0.39 is 0 Å². The SMILES string of the molecule is COc1ccc(C(C)[C@@H](C2CCCN2)N2c3ccccc3CSc3ccccc32)cc1. The van der Waals surface area contributed by atoms with Crippen LogP contribution in [0.5, 0.6) is 5.75 Å². The molecule has 0 amide bonds. The number of hydrogen-bond acceptors (Lipinski definition) is 4. The van der Waals surface area contributed by atoms with Gasteiger partial charge in [0.05, 0.1) is 18.8 Å². The van der Waals surface area contributed by atoms with Gasteiger partial charge in [0.25, 0.3) is 0 Å². The minimum Gasteiger partial charge on any atom is -0.497 e. The number of benzene rings is 3. The standard InChI is InChI=1S/C27H30N2OS/c1-19(20-13-15-22(30-2)16-14-20)27(23-9-7-17-28-23)29-24-10-4-3-8-21(24)18-31-26-12-6-5-11-25(26)29/h3-6,8,10-16,19,23,27-28H,7,9,17-18H2,1-2H3/t19?,23?,27-/m0/s1. The Labute approximate surface area is 189 Å².